The average molecular weight is 402 g/mol. The molecule has 0 bridgehead atoms. The van der Waals surface area contributed by atoms with E-state index in [-0.39, 0.29) is 11.4 Å². The SMILES string of the molecule is COc1ccc(NC(=O)c2c(I)cnn2C)c([N+](=O)[O-])c1. The van der Waals surface area contributed by atoms with Crippen LogP contribution in [0, 0.1) is 13.7 Å². The van der Waals surface area contributed by atoms with Crippen LogP contribution in [0.4, 0.5) is 11.4 Å². The maximum absolute atomic E-state index is 12.2. The molecule has 0 aliphatic carbocycles. The summed E-state index contributed by atoms with van der Waals surface area (Å²) in [4.78, 5) is 22.7. The third kappa shape index (κ3) is 3.12. The van der Waals surface area contributed by atoms with Crippen molar-refractivity contribution in [1.29, 1.82) is 0 Å². The Hall–Kier alpha value is -2.17. The van der Waals surface area contributed by atoms with Gasteiger partial charge in [0.25, 0.3) is 11.6 Å². The second-order valence-corrected chi connectivity index (χ2v) is 5.22. The van der Waals surface area contributed by atoms with Crippen molar-refractivity contribution >= 4 is 39.9 Å². The maximum Gasteiger partial charge on any atom is 0.296 e. The molecule has 9 heteroatoms. The van der Waals surface area contributed by atoms with Gasteiger partial charge < -0.3 is 10.1 Å². The highest BCUT2D eigenvalue weighted by molar-refractivity contribution is 14.1. The van der Waals surface area contributed by atoms with Gasteiger partial charge in [-0.3, -0.25) is 19.6 Å². The molecule has 21 heavy (non-hydrogen) atoms. The van der Waals surface area contributed by atoms with E-state index in [2.05, 4.69) is 10.4 Å². The molecule has 0 aliphatic rings. The van der Waals surface area contributed by atoms with E-state index in [1.54, 1.807) is 7.05 Å². The minimum Gasteiger partial charge on any atom is -0.496 e. The molecule has 2 aromatic rings. The Morgan fingerprint density at radius 1 is 1.52 bits per heavy atom. The largest absolute Gasteiger partial charge is 0.496 e. The first-order valence-electron chi connectivity index (χ1n) is 5.75. The average Bonchev–Trinajstić information content (AvgIpc) is 2.78. The lowest BCUT2D eigenvalue weighted by Gasteiger charge is -2.08. The van der Waals surface area contributed by atoms with E-state index in [0.29, 0.717) is 15.0 Å². The van der Waals surface area contributed by atoms with Gasteiger partial charge in [-0.1, -0.05) is 0 Å². The van der Waals surface area contributed by atoms with E-state index in [4.69, 9.17) is 4.74 Å². The first-order chi connectivity index (χ1) is 9.93. The van der Waals surface area contributed by atoms with Crippen LogP contribution in [0.3, 0.4) is 0 Å². The molecule has 1 heterocycles. The number of rotatable bonds is 4. The van der Waals surface area contributed by atoms with Gasteiger partial charge in [0.15, 0.2) is 0 Å². The third-order valence-corrected chi connectivity index (χ3v) is 3.55. The molecule has 110 valence electrons. The highest BCUT2D eigenvalue weighted by Crippen LogP contribution is 2.29. The van der Waals surface area contributed by atoms with E-state index in [1.807, 2.05) is 22.6 Å². The molecular formula is C12H11IN4O4. The van der Waals surface area contributed by atoms with Crippen LogP contribution in [-0.4, -0.2) is 27.7 Å². The van der Waals surface area contributed by atoms with Crippen molar-refractivity contribution in [3.63, 3.8) is 0 Å². The molecular weight excluding hydrogens is 391 g/mol. The Morgan fingerprint density at radius 2 is 2.24 bits per heavy atom. The molecule has 1 aromatic heterocycles. The van der Waals surface area contributed by atoms with Crippen molar-refractivity contribution < 1.29 is 14.5 Å². The van der Waals surface area contributed by atoms with Gasteiger partial charge in [0.2, 0.25) is 0 Å². The Kier molecular flexibility index (Phi) is 4.40. The summed E-state index contributed by atoms with van der Waals surface area (Å²) < 4.78 is 7.01. The summed E-state index contributed by atoms with van der Waals surface area (Å²) in [5.41, 5.74) is 0.198. The molecule has 0 unspecified atom stereocenters. The monoisotopic (exact) mass is 402 g/mol. The van der Waals surface area contributed by atoms with Crippen LogP contribution in [0.2, 0.25) is 0 Å². The van der Waals surface area contributed by atoms with Crippen LogP contribution in [0.1, 0.15) is 10.5 Å². The van der Waals surface area contributed by atoms with E-state index in [0.717, 1.165) is 0 Å². The second kappa shape index (κ2) is 6.08. The summed E-state index contributed by atoms with van der Waals surface area (Å²) >= 11 is 1.97. The van der Waals surface area contributed by atoms with Gasteiger partial charge in [0.05, 0.1) is 27.9 Å². The summed E-state index contributed by atoms with van der Waals surface area (Å²) in [6.07, 6.45) is 1.54. The van der Waals surface area contributed by atoms with Crippen molar-refractivity contribution in [2.75, 3.05) is 12.4 Å². The molecule has 2 rings (SSSR count). The first kappa shape index (κ1) is 15.2. The molecule has 1 N–H and O–H groups in total. The van der Waals surface area contributed by atoms with Crippen molar-refractivity contribution in [3.8, 4) is 5.75 Å². The fourth-order valence-electron chi connectivity index (χ4n) is 1.74. The standard InChI is InChI=1S/C12H11IN4O4/c1-16-11(8(13)6-14-16)12(18)15-9-4-3-7(21-2)5-10(9)17(19)20/h3-6H,1-2H3,(H,15,18). The Bertz CT molecular complexity index is 694. The van der Waals surface area contributed by atoms with Gasteiger partial charge in [-0.15, -0.1) is 0 Å². The number of aromatic nitrogens is 2. The number of benzene rings is 1. The van der Waals surface area contributed by atoms with Crippen LogP contribution < -0.4 is 10.1 Å². The van der Waals surface area contributed by atoms with Gasteiger partial charge in [-0.25, -0.2) is 0 Å². The van der Waals surface area contributed by atoms with Gasteiger partial charge in [-0.2, -0.15) is 5.10 Å². The number of nitrogens with one attached hydrogen (secondary N) is 1. The lowest BCUT2D eigenvalue weighted by atomic mass is 10.2. The minimum atomic E-state index is -0.577. The third-order valence-electron chi connectivity index (χ3n) is 2.76. The number of halogens is 1. The summed E-state index contributed by atoms with van der Waals surface area (Å²) in [6.45, 7) is 0. The predicted octanol–water partition coefficient (Wildman–Crippen LogP) is 2.19. The van der Waals surface area contributed by atoms with E-state index >= 15 is 0 Å². The van der Waals surface area contributed by atoms with Crippen molar-refractivity contribution in [2.45, 2.75) is 0 Å². The number of carbonyl (C=O) groups is 1. The molecule has 1 aromatic carbocycles. The van der Waals surface area contributed by atoms with Crippen LogP contribution in [-0.2, 0) is 7.05 Å². The molecule has 0 saturated carbocycles. The number of anilines is 1. The van der Waals surface area contributed by atoms with Gasteiger partial charge in [-0.05, 0) is 34.7 Å². The smallest absolute Gasteiger partial charge is 0.296 e. The number of nitro groups is 1. The van der Waals surface area contributed by atoms with Crippen LogP contribution in [0.5, 0.6) is 5.75 Å². The number of hydrogen-bond donors (Lipinski definition) is 1. The number of aryl methyl sites for hydroxylation is 1. The molecule has 8 nitrogen and oxygen atoms in total. The summed E-state index contributed by atoms with van der Waals surface area (Å²) in [5, 5.41) is 17.6. The zero-order chi connectivity index (χ0) is 15.6. The van der Waals surface area contributed by atoms with E-state index in [9.17, 15) is 14.9 Å². The number of ether oxygens (including phenoxy) is 1. The number of methoxy groups -OCH3 is 1. The molecule has 0 aliphatic heterocycles. The van der Waals surface area contributed by atoms with Crippen molar-refractivity contribution in [2.24, 2.45) is 7.05 Å². The fraction of sp³-hybridized carbons (Fsp3) is 0.167. The number of nitrogens with zero attached hydrogens (tertiary/aromatic N) is 3. The molecule has 0 saturated heterocycles. The zero-order valence-electron chi connectivity index (χ0n) is 11.2. The lowest BCUT2D eigenvalue weighted by molar-refractivity contribution is -0.384. The quantitative estimate of drug-likeness (QED) is 0.480. The lowest BCUT2D eigenvalue weighted by Crippen LogP contribution is -2.18. The molecule has 0 atom stereocenters. The van der Waals surface area contributed by atoms with Crippen molar-refractivity contribution in [1.82, 2.24) is 9.78 Å². The highest BCUT2D eigenvalue weighted by Gasteiger charge is 2.21. The summed E-state index contributed by atoms with van der Waals surface area (Å²) in [7, 11) is 3.04. The number of nitro benzene ring substituents is 1. The van der Waals surface area contributed by atoms with Gasteiger partial charge >= 0.3 is 0 Å². The van der Waals surface area contributed by atoms with Crippen LogP contribution >= 0.6 is 22.6 Å². The molecule has 0 spiro atoms. The highest BCUT2D eigenvalue weighted by atomic mass is 127. The second-order valence-electron chi connectivity index (χ2n) is 4.06. The number of carbonyl (C=O) groups excluding carboxylic acids is 1. The van der Waals surface area contributed by atoms with Crippen LogP contribution in [0.25, 0.3) is 0 Å². The maximum atomic E-state index is 12.2. The Balaban J connectivity index is 2.35. The topological polar surface area (TPSA) is 99.3 Å². The Labute approximate surface area is 133 Å². The van der Waals surface area contributed by atoms with Gasteiger partial charge in [0.1, 0.15) is 17.1 Å². The van der Waals surface area contributed by atoms with E-state index in [1.165, 1.54) is 36.2 Å². The van der Waals surface area contributed by atoms with Crippen molar-refractivity contribution in [3.05, 3.63) is 43.8 Å². The summed E-state index contributed by atoms with van der Waals surface area (Å²) in [6, 6.07) is 4.22. The number of amides is 1. The zero-order valence-corrected chi connectivity index (χ0v) is 13.3. The first-order valence-corrected chi connectivity index (χ1v) is 6.83. The van der Waals surface area contributed by atoms with Gasteiger partial charge in [0, 0.05) is 7.05 Å². The fourth-order valence-corrected chi connectivity index (χ4v) is 2.46. The molecule has 0 radical (unpaired) electrons. The van der Waals surface area contributed by atoms with Crippen LogP contribution in [0.15, 0.2) is 24.4 Å². The van der Waals surface area contributed by atoms with E-state index < -0.39 is 10.8 Å². The molecule has 0 fully saturated rings. The minimum absolute atomic E-state index is 0.0998. The summed E-state index contributed by atoms with van der Waals surface area (Å²) in [5.74, 6) is -0.123. The normalized spacial score (nSPS) is 10.2. The predicted molar refractivity (Wildman–Crippen MR) is 83.5 cm³/mol. The molecule has 1 amide bonds. The Morgan fingerprint density at radius 3 is 2.76 bits per heavy atom. The number of hydrogen-bond acceptors (Lipinski definition) is 5.